The minimum Gasteiger partial charge on any atom is -0.481 e. The number of carboxylic acid groups (broad SMARTS) is 1. The van der Waals surface area contributed by atoms with E-state index >= 15 is 0 Å². The lowest BCUT2D eigenvalue weighted by Gasteiger charge is -2.30. The number of hydrogen-bond acceptors (Lipinski definition) is 5. The quantitative estimate of drug-likeness (QED) is 0.900. The topological polar surface area (TPSA) is 92.5 Å². The maximum atomic E-state index is 12.4. The number of aliphatic carboxylic acids is 1. The monoisotopic (exact) mass is 347 g/mol. The minimum absolute atomic E-state index is 0.176. The van der Waals surface area contributed by atoms with Crippen LogP contribution in [-0.2, 0) is 16.1 Å². The highest BCUT2D eigenvalue weighted by molar-refractivity contribution is 7.13. The van der Waals surface area contributed by atoms with Gasteiger partial charge in [-0.2, -0.15) is 5.10 Å². The molecule has 0 aromatic carbocycles. The summed E-state index contributed by atoms with van der Waals surface area (Å²) < 4.78 is 1.14. The van der Waals surface area contributed by atoms with E-state index < -0.39 is 11.9 Å². The van der Waals surface area contributed by atoms with Crippen LogP contribution in [0.25, 0.3) is 10.6 Å². The van der Waals surface area contributed by atoms with E-state index in [1.165, 1.54) is 22.3 Å². The molecule has 24 heavy (non-hydrogen) atoms. The maximum absolute atomic E-state index is 12.4. The second kappa shape index (κ2) is 6.96. The summed E-state index contributed by atoms with van der Waals surface area (Å²) >= 11 is 1.50. The number of carbonyl (C=O) groups excluding carboxylic acids is 1. The number of hydrogen-bond donors (Lipinski definition) is 1. The van der Waals surface area contributed by atoms with Crippen LogP contribution in [0.4, 0.5) is 0 Å². The van der Waals surface area contributed by atoms with Crippen LogP contribution in [0.3, 0.4) is 0 Å². The molecule has 2 aromatic rings. The molecular formula is C16H17N3O4S. The lowest BCUT2D eigenvalue weighted by molar-refractivity contribution is -0.145. The molecule has 0 saturated carbocycles. The van der Waals surface area contributed by atoms with E-state index in [9.17, 15) is 14.4 Å². The molecule has 3 rings (SSSR count). The zero-order valence-corrected chi connectivity index (χ0v) is 13.7. The second-order valence-corrected chi connectivity index (χ2v) is 6.66. The zero-order valence-electron chi connectivity index (χ0n) is 12.9. The summed E-state index contributed by atoms with van der Waals surface area (Å²) in [4.78, 5) is 37.9. The molecule has 0 radical (unpaired) electrons. The van der Waals surface area contributed by atoms with E-state index in [4.69, 9.17) is 5.11 Å². The number of nitrogens with zero attached hydrogens (tertiary/aromatic N) is 3. The summed E-state index contributed by atoms with van der Waals surface area (Å²) in [6.07, 6.45) is 1.23. The number of likely N-dealkylation sites (tertiary alicyclic amines) is 1. The van der Waals surface area contributed by atoms with Crippen LogP contribution in [0.5, 0.6) is 0 Å². The standard InChI is InChI=1S/C16H17N3O4S/c20-14-6-5-12(13-4-2-8-24-13)17-19(14)10-15(21)18-7-1-3-11(9-18)16(22)23/h2,4-6,8,11H,1,3,7,9-10H2,(H,22,23). The van der Waals surface area contributed by atoms with Crippen molar-refractivity contribution in [3.63, 3.8) is 0 Å². The predicted octanol–water partition coefficient (Wildman–Crippen LogP) is 1.29. The van der Waals surface area contributed by atoms with E-state index in [1.54, 1.807) is 6.07 Å². The van der Waals surface area contributed by atoms with E-state index in [0.29, 0.717) is 25.1 Å². The van der Waals surface area contributed by atoms with Crippen LogP contribution in [0, 0.1) is 5.92 Å². The van der Waals surface area contributed by atoms with Crippen molar-refractivity contribution < 1.29 is 14.7 Å². The van der Waals surface area contributed by atoms with E-state index in [-0.39, 0.29) is 24.6 Å². The van der Waals surface area contributed by atoms with E-state index in [2.05, 4.69) is 5.10 Å². The van der Waals surface area contributed by atoms with Crippen molar-refractivity contribution in [2.45, 2.75) is 19.4 Å². The Labute approximate surface area is 142 Å². The SMILES string of the molecule is O=C(O)C1CCCN(C(=O)Cn2nc(-c3cccs3)ccc2=O)C1. The molecule has 1 amide bonds. The molecule has 3 heterocycles. The van der Waals surface area contributed by atoms with Crippen molar-refractivity contribution in [2.24, 2.45) is 5.92 Å². The van der Waals surface area contributed by atoms with Crippen LogP contribution in [0.2, 0.25) is 0 Å². The average molecular weight is 347 g/mol. The Balaban J connectivity index is 1.75. The van der Waals surface area contributed by atoms with E-state index in [0.717, 1.165) is 9.56 Å². The Bertz CT molecular complexity index is 800. The number of piperidine rings is 1. The highest BCUT2D eigenvalue weighted by Gasteiger charge is 2.28. The fraction of sp³-hybridized carbons (Fsp3) is 0.375. The van der Waals surface area contributed by atoms with Gasteiger partial charge in [0.1, 0.15) is 12.2 Å². The molecule has 1 saturated heterocycles. The molecule has 8 heteroatoms. The van der Waals surface area contributed by atoms with Crippen molar-refractivity contribution >= 4 is 23.2 Å². The first-order valence-electron chi connectivity index (χ1n) is 7.67. The summed E-state index contributed by atoms with van der Waals surface area (Å²) in [6.45, 7) is 0.528. The first-order valence-corrected chi connectivity index (χ1v) is 8.55. The molecule has 0 bridgehead atoms. The number of carboxylic acids is 1. The third-order valence-electron chi connectivity index (χ3n) is 4.05. The van der Waals surface area contributed by atoms with Crippen molar-refractivity contribution in [2.75, 3.05) is 13.1 Å². The van der Waals surface area contributed by atoms with Crippen LogP contribution < -0.4 is 5.56 Å². The highest BCUT2D eigenvalue weighted by Crippen LogP contribution is 2.21. The number of thiophene rings is 1. The summed E-state index contributed by atoms with van der Waals surface area (Å²) in [7, 11) is 0. The van der Waals surface area contributed by atoms with Gasteiger partial charge in [-0.05, 0) is 30.4 Å². The molecule has 126 valence electrons. The van der Waals surface area contributed by atoms with Gasteiger partial charge in [0, 0.05) is 19.2 Å². The van der Waals surface area contributed by atoms with Crippen LogP contribution in [0.15, 0.2) is 34.4 Å². The van der Waals surface area contributed by atoms with Gasteiger partial charge in [-0.3, -0.25) is 14.4 Å². The molecular weight excluding hydrogens is 330 g/mol. The molecule has 1 aliphatic rings. The fourth-order valence-corrected chi connectivity index (χ4v) is 3.44. The molecule has 0 aliphatic carbocycles. The number of carbonyl (C=O) groups is 2. The first kappa shape index (κ1) is 16.4. The second-order valence-electron chi connectivity index (χ2n) is 5.71. The smallest absolute Gasteiger partial charge is 0.308 e. The average Bonchev–Trinajstić information content (AvgIpc) is 3.11. The number of rotatable bonds is 4. The predicted molar refractivity (Wildman–Crippen MR) is 88.7 cm³/mol. The third-order valence-corrected chi connectivity index (χ3v) is 4.94. The van der Waals surface area contributed by atoms with Gasteiger partial charge in [0.15, 0.2) is 0 Å². The Hall–Kier alpha value is -2.48. The van der Waals surface area contributed by atoms with Gasteiger partial charge >= 0.3 is 5.97 Å². The number of aromatic nitrogens is 2. The van der Waals surface area contributed by atoms with Crippen molar-refractivity contribution in [3.05, 3.63) is 40.0 Å². The van der Waals surface area contributed by atoms with Crippen molar-refractivity contribution in [1.29, 1.82) is 0 Å². The fourth-order valence-electron chi connectivity index (χ4n) is 2.75. The normalized spacial score (nSPS) is 17.7. The summed E-state index contributed by atoms with van der Waals surface area (Å²) in [5.74, 6) is -1.70. The van der Waals surface area contributed by atoms with Gasteiger partial charge in [0.2, 0.25) is 5.91 Å². The van der Waals surface area contributed by atoms with Crippen LogP contribution in [-0.4, -0.2) is 44.8 Å². The lowest BCUT2D eigenvalue weighted by Crippen LogP contribution is -2.44. The van der Waals surface area contributed by atoms with Gasteiger partial charge in [0.25, 0.3) is 5.56 Å². The Kier molecular flexibility index (Phi) is 4.75. The molecule has 2 aromatic heterocycles. The van der Waals surface area contributed by atoms with Gasteiger partial charge < -0.3 is 10.0 Å². The molecule has 7 nitrogen and oxygen atoms in total. The Morgan fingerprint density at radius 2 is 2.17 bits per heavy atom. The molecule has 1 N–H and O–H groups in total. The lowest BCUT2D eigenvalue weighted by atomic mass is 9.98. The van der Waals surface area contributed by atoms with Gasteiger partial charge in [-0.15, -0.1) is 11.3 Å². The highest BCUT2D eigenvalue weighted by atomic mass is 32.1. The van der Waals surface area contributed by atoms with Gasteiger partial charge in [-0.1, -0.05) is 6.07 Å². The van der Waals surface area contributed by atoms with Gasteiger partial charge in [-0.25, -0.2) is 4.68 Å². The Morgan fingerprint density at radius 1 is 1.33 bits per heavy atom. The van der Waals surface area contributed by atoms with Crippen molar-refractivity contribution in [3.8, 4) is 10.6 Å². The summed E-state index contributed by atoms with van der Waals surface area (Å²) in [5.41, 5.74) is 0.287. The van der Waals surface area contributed by atoms with Crippen LogP contribution >= 0.6 is 11.3 Å². The maximum Gasteiger partial charge on any atom is 0.308 e. The molecule has 0 spiro atoms. The van der Waals surface area contributed by atoms with E-state index in [1.807, 2.05) is 17.5 Å². The van der Waals surface area contributed by atoms with Crippen LogP contribution in [0.1, 0.15) is 12.8 Å². The largest absolute Gasteiger partial charge is 0.481 e. The number of amides is 1. The molecule has 1 unspecified atom stereocenters. The Morgan fingerprint density at radius 3 is 2.88 bits per heavy atom. The van der Waals surface area contributed by atoms with Crippen molar-refractivity contribution in [1.82, 2.24) is 14.7 Å². The zero-order chi connectivity index (χ0) is 17.1. The molecule has 1 fully saturated rings. The third kappa shape index (κ3) is 3.53. The minimum atomic E-state index is -0.887. The molecule has 1 aliphatic heterocycles. The van der Waals surface area contributed by atoms with Gasteiger partial charge in [0.05, 0.1) is 10.8 Å². The first-order chi connectivity index (χ1) is 11.5. The summed E-state index contributed by atoms with van der Waals surface area (Å²) in [5, 5.41) is 15.3. The summed E-state index contributed by atoms with van der Waals surface area (Å²) in [6, 6.07) is 6.82. The molecule has 1 atom stereocenters.